The second kappa shape index (κ2) is 4.12. The summed E-state index contributed by atoms with van der Waals surface area (Å²) in [6, 6.07) is 0.674. The zero-order chi connectivity index (χ0) is 10.9. The largest absolute Gasteiger partial charge is 0.353 e. The number of nitrogens with one attached hydrogen (secondary N) is 1. The minimum absolute atomic E-state index is 0.0420. The number of nitrogens with two attached hydrogens (primary N) is 1. The average molecular weight is 210 g/mol. The molecule has 0 aliphatic heterocycles. The topological polar surface area (TPSA) is 55.1 Å². The minimum atomic E-state index is -0.0420. The van der Waals surface area contributed by atoms with Crippen LogP contribution >= 0.6 is 0 Å². The van der Waals surface area contributed by atoms with E-state index in [4.69, 9.17) is 5.73 Å². The first-order chi connectivity index (χ1) is 7.16. The highest BCUT2D eigenvalue weighted by Gasteiger charge is 2.41. The van der Waals surface area contributed by atoms with Crippen molar-refractivity contribution < 1.29 is 4.79 Å². The van der Waals surface area contributed by atoms with Gasteiger partial charge in [0.15, 0.2) is 0 Å². The summed E-state index contributed by atoms with van der Waals surface area (Å²) in [4.78, 5) is 12.2. The highest BCUT2D eigenvalue weighted by molar-refractivity contribution is 5.83. The van der Waals surface area contributed by atoms with Gasteiger partial charge in [0.2, 0.25) is 5.91 Å². The molecule has 3 heteroatoms. The Kier molecular flexibility index (Phi) is 3.01. The van der Waals surface area contributed by atoms with Crippen molar-refractivity contribution in [2.75, 3.05) is 0 Å². The van der Waals surface area contributed by atoms with Crippen molar-refractivity contribution in [1.29, 1.82) is 0 Å². The number of hydrogen-bond donors (Lipinski definition) is 2. The molecule has 2 fully saturated rings. The van der Waals surface area contributed by atoms with Crippen LogP contribution < -0.4 is 11.1 Å². The molecule has 2 aliphatic rings. The number of carbonyl (C=O) groups excluding carboxylic acids is 1. The molecule has 0 unspecified atom stereocenters. The Morgan fingerprint density at radius 3 is 2.47 bits per heavy atom. The number of hydrogen-bond acceptors (Lipinski definition) is 2. The van der Waals surface area contributed by atoms with Crippen molar-refractivity contribution in [2.45, 2.75) is 64.0 Å². The van der Waals surface area contributed by atoms with E-state index in [0.717, 1.165) is 32.1 Å². The van der Waals surface area contributed by atoms with Crippen LogP contribution in [-0.2, 0) is 4.79 Å². The third kappa shape index (κ3) is 2.03. The molecule has 0 aromatic carbocycles. The first-order valence-electron chi connectivity index (χ1n) is 6.23. The molecule has 86 valence electrons. The summed E-state index contributed by atoms with van der Waals surface area (Å²) >= 11 is 0. The lowest BCUT2D eigenvalue weighted by Crippen LogP contribution is -2.53. The van der Waals surface area contributed by atoms with Gasteiger partial charge in [0.05, 0.1) is 0 Å². The fraction of sp³-hybridized carbons (Fsp3) is 0.917. The van der Waals surface area contributed by atoms with E-state index in [2.05, 4.69) is 12.2 Å². The highest BCUT2D eigenvalue weighted by atomic mass is 16.2. The molecule has 2 aliphatic carbocycles. The van der Waals surface area contributed by atoms with Crippen molar-refractivity contribution in [3.63, 3.8) is 0 Å². The molecule has 3 N–H and O–H groups in total. The van der Waals surface area contributed by atoms with E-state index in [9.17, 15) is 4.79 Å². The Morgan fingerprint density at radius 2 is 2.00 bits per heavy atom. The lowest BCUT2D eigenvalue weighted by Gasteiger charge is -2.36. The van der Waals surface area contributed by atoms with Crippen molar-refractivity contribution >= 4 is 5.91 Å². The molecule has 0 atom stereocenters. The van der Waals surface area contributed by atoms with Gasteiger partial charge < -0.3 is 11.1 Å². The lowest BCUT2D eigenvalue weighted by molar-refractivity contribution is -0.132. The van der Waals surface area contributed by atoms with Gasteiger partial charge in [-0.25, -0.2) is 0 Å². The molecule has 0 radical (unpaired) electrons. The van der Waals surface area contributed by atoms with Gasteiger partial charge in [0.1, 0.15) is 0 Å². The molecule has 1 amide bonds. The first kappa shape index (κ1) is 10.9. The summed E-state index contributed by atoms with van der Waals surface area (Å²) in [7, 11) is 0. The normalized spacial score (nSPS) is 33.5. The van der Waals surface area contributed by atoms with E-state index in [1.54, 1.807) is 0 Å². The maximum Gasteiger partial charge on any atom is 0.226 e. The second-order valence-electron chi connectivity index (χ2n) is 5.24. The van der Waals surface area contributed by atoms with Crippen LogP contribution in [0.3, 0.4) is 0 Å². The molecule has 0 aromatic heterocycles. The summed E-state index contributed by atoms with van der Waals surface area (Å²) in [6.45, 7) is 2.14. The van der Waals surface area contributed by atoms with Crippen LogP contribution in [0.2, 0.25) is 0 Å². The van der Waals surface area contributed by atoms with E-state index < -0.39 is 0 Å². The highest BCUT2D eigenvalue weighted by Crippen LogP contribution is 2.41. The maximum atomic E-state index is 12.2. The SMILES string of the molecule is CCC1(C(=O)NC2CC(N)C2)CCCC1. The van der Waals surface area contributed by atoms with Crippen molar-refractivity contribution in [3.8, 4) is 0 Å². The van der Waals surface area contributed by atoms with Crippen LogP contribution in [-0.4, -0.2) is 18.0 Å². The molecule has 0 spiro atoms. The number of rotatable bonds is 3. The van der Waals surface area contributed by atoms with Crippen molar-refractivity contribution in [3.05, 3.63) is 0 Å². The molecule has 0 bridgehead atoms. The van der Waals surface area contributed by atoms with Gasteiger partial charge >= 0.3 is 0 Å². The quantitative estimate of drug-likeness (QED) is 0.742. The predicted molar refractivity (Wildman–Crippen MR) is 60.3 cm³/mol. The molecular formula is C12H22N2O. The average Bonchev–Trinajstić information content (AvgIpc) is 2.64. The Bertz CT molecular complexity index is 240. The third-order valence-electron chi connectivity index (χ3n) is 4.23. The molecule has 2 rings (SSSR count). The Morgan fingerprint density at radius 1 is 1.40 bits per heavy atom. The first-order valence-corrected chi connectivity index (χ1v) is 6.23. The molecule has 15 heavy (non-hydrogen) atoms. The zero-order valence-electron chi connectivity index (χ0n) is 9.59. The molecule has 0 heterocycles. The van der Waals surface area contributed by atoms with Gasteiger partial charge in [-0.1, -0.05) is 19.8 Å². The minimum Gasteiger partial charge on any atom is -0.353 e. The van der Waals surface area contributed by atoms with E-state index in [-0.39, 0.29) is 5.41 Å². The fourth-order valence-electron chi connectivity index (χ4n) is 2.91. The molecule has 3 nitrogen and oxygen atoms in total. The lowest BCUT2D eigenvalue weighted by atomic mass is 9.80. The summed E-state index contributed by atoms with van der Waals surface area (Å²) in [5.41, 5.74) is 5.67. The van der Waals surface area contributed by atoms with Crippen LogP contribution in [0.4, 0.5) is 0 Å². The van der Waals surface area contributed by atoms with Gasteiger partial charge in [0.25, 0.3) is 0 Å². The molecule has 0 saturated heterocycles. The zero-order valence-corrected chi connectivity index (χ0v) is 9.59. The summed E-state index contributed by atoms with van der Waals surface area (Å²) < 4.78 is 0. The summed E-state index contributed by atoms with van der Waals surface area (Å²) in [5, 5.41) is 3.16. The van der Waals surface area contributed by atoms with Crippen LogP contribution in [0.15, 0.2) is 0 Å². The van der Waals surface area contributed by atoms with Crippen LogP contribution in [0.1, 0.15) is 51.9 Å². The standard InChI is InChI=1S/C12H22N2O/c1-2-12(5-3-4-6-12)11(15)14-10-7-9(13)8-10/h9-10H,2-8,13H2,1H3,(H,14,15). The fourth-order valence-corrected chi connectivity index (χ4v) is 2.91. The molecular weight excluding hydrogens is 188 g/mol. The molecule has 2 saturated carbocycles. The van der Waals surface area contributed by atoms with Gasteiger partial charge in [-0.05, 0) is 32.1 Å². The van der Waals surface area contributed by atoms with E-state index in [1.807, 2.05) is 0 Å². The van der Waals surface area contributed by atoms with Gasteiger partial charge in [-0.3, -0.25) is 4.79 Å². The second-order valence-corrected chi connectivity index (χ2v) is 5.24. The van der Waals surface area contributed by atoms with Gasteiger partial charge in [-0.2, -0.15) is 0 Å². The van der Waals surface area contributed by atoms with E-state index in [1.165, 1.54) is 12.8 Å². The summed E-state index contributed by atoms with van der Waals surface area (Å²) in [6.07, 6.45) is 7.49. The van der Waals surface area contributed by atoms with Crippen LogP contribution in [0, 0.1) is 5.41 Å². The van der Waals surface area contributed by atoms with Crippen molar-refractivity contribution in [2.24, 2.45) is 11.1 Å². The Labute approximate surface area is 91.8 Å². The van der Waals surface area contributed by atoms with Crippen LogP contribution in [0.25, 0.3) is 0 Å². The van der Waals surface area contributed by atoms with Crippen LogP contribution in [0.5, 0.6) is 0 Å². The third-order valence-corrected chi connectivity index (χ3v) is 4.23. The van der Waals surface area contributed by atoms with Crippen molar-refractivity contribution in [1.82, 2.24) is 5.32 Å². The number of amides is 1. The van der Waals surface area contributed by atoms with E-state index >= 15 is 0 Å². The van der Waals surface area contributed by atoms with E-state index in [0.29, 0.717) is 18.0 Å². The van der Waals surface area contributed by atoms with Gasteiger partial charge in [-0.15, -0.1) is 0 Å². The Hall–Kier alpha value is -0.570. The van der Waals surface area contributed by atoms with Gasteiger partial charge in [0, 0.05) is 17.5 Å². The smallest absolute Gasteiger partial charge is 0.226 e. The summed E-state index contributed by atoms with van der Waals surface area (Å²) in [5.74, 6) is 0.291. The Balaban J connectivity index is 1.88. The molecule has 0 aromatic rings. The number of carbonyl (C=O) groups is 1. The maximum absolute atomic E-state index is 12.2. The monoisotopic (exact) mass is 210 g/mol. The predicted octanol–water partition coefficient (Wildman–Crippen LogP) is 1.56.